The number of rotatable bonds is 12. The van der Waals surface area contributed by atoms with Gasteiger partial charge in [0, 0.05) is 17.3 Å². The lowest BCUT2D eigenvalue weighted by atomic mass is 10.0. The average Bonchev–Trinajstić information content (AvgIpc) is 3.77. The van der Waals surface area contributed by atoms with Crippen LogP contribution in [0.5, 0.6) is 17.2 Å². The predicted molar refractivity (Wildman–Crippen MR) is 183 cm³/mol. The van der Waals surface area contributed by atoms with Crippen LogP contribution in [0.25, 0.3) is 40.1 Å². The summed E-state index contributed by atoms with van der Waals surface area (Å²) >= 11 is 1.28. The Morgan fingerprint density at radius 3 is 2.52 bits per heavy atom. The van der Waals surface area contributed by atoms with E-state index >= 15 is 0 Å². The van der Waals surface area contributed by atoms with Gasteiger partial charge in [0.25, 0.3) is 5.56 Å². The molecule has 0 saturated carbocycles. The van der Waals surface area contributed by atoms with Gasteiger partial charge in [-0.05, 0) is 79.1 Å². The molecular formula is C36H33N5O4S. The number of fused-ring (bicyclic) bond motifs is 1. The highest BCUT2D eigenvalue weighted by molar-refractivity contribution is 7.15. The molecule has 0 atom stereocenters. The van der Waals surface area contributed by atoms with Gasteiger partial charge in [-0.25, -0.2) is 4.68 Å². The number of methoxy groups -OCH3 is 1. The third-order valence-electron chi connectivity index (χ3n) is 7.13. The normalized spacial score (nSPS) is 11.8. The highest BCUT2D eigenvalue weighted by Crippen LogP contribution is 2.30. The number of benzene rings is 3. The van der Waals surface area contributed by atoms with E-state index in [-0.39, 0.29) is 5.56 Å². The van der Waals surface area contributed by atoms with Crippen molar-refractivity contribution >= 4 is 34.5 Å². The van der Waals surface area contributed by atoms with Crippen LogP contribution >= 0.6 is 11.3 Å². The SMILES string of the molecule is C=CCOc1ccc(-c2nn(-c3ccccc3)cc2/C=c2\sc3nc(/C=C/c4ccc(OCCC)c(OC)c4)nn3c2=O)cc1C. The van der Waals surface area contributed by atoms with Crippen LogP contribution in [-0.2, 0) is 0 Å². The molecule has 0 N–H and O–H groups in total. The smallest absolute Gasteiger partial charge is 0.291 e. The maximum atomic E-state index is 13.5. The van der Waals surface area contributed by atoms with Crippen LogP contribution in [0.1, 0.15) is 35.9 Å². The van der Waals surface area contributed by atoms with Crippen LogP contribution < -0.4 is 24.3 Å². The van der Waals surface area contributed by atoms with E-state index in [0.717, 1.165) is 45.8 Å². The molecule has 3 aromatic carbocycles. The molecule has 6 rings (SSSR count). The highest BCUT2D eigenvalue weighted by Gasteiger charge is 2.15. The summed E-state index contributed by atoms with van der Waals surface area (Å²) in [4.78, 5) is 18.6. The quantitative estimate of drug-likeness (QED) is 0.145. The van der Waals surface area contributed by atoms with Gasteiger partial charge in [0.1, 0.15) is 18.1 Å². The van der Waals surface area contributed by atoms with Crippen LogP contribution in [0.15, 0.2) is 90.4 Å². The summed E-state index contributed by atoms with van der Waals surface area (Å²) in [5, 5.41) is 9.39. The van der Waals surface area contributed by atoms with E-state index < -0.39 is 0 Å². The molecule has 0 radical (unpaired) electrons. The molecule has 0 unspecified atom stereocenters. The number of aromatic nitrogens is 5. The molecular weight excluding hydrogens is 598 g/mol. The van der Waals surface area contributed by atoms with Gasteiger partial charge >= 0.3 is 0 Å². The van der Waals surface area contributed by atoms with Crippen LogP contribution in [0.2, 0.25) is 0 Å². The second-order valence-corrected chi connectivity index (χ2v) is 11.5. The summed E-state index contributed by atoms with van der Waals surface area (Å²) in [6, 6.07) is 21.5. The van der Waals surface area contributed by atoms with Crippen molar-refractivity contribution in [1.82, 2.24) is 24.4 Å². The average molecular weight is 632 g/mol. The Balaban J connectivity index is 1.34. The van der Waals surface area contributed by atoms with Gasteiger partial charge in [-0.3, -0.25) is 4.79 Å². The van der Waals surface area contributed by atoms with Crippen molar-refractivity contribution in [3.63, 3.8) is 0 Å². The van der Waals surface area contributed by atoms with Crippen LogP contribution in [0.3, 0.4) is 0 Å². The summed E-state index contributed by atoms with van der Waals surface area (Å²) in [6.07, 6.45) is 10.1. The number of aryl methyl sites for hydroxylation is 1. The zero-order chi connectivity index (χ0) is 32.0. The van der Waals surface area contributed by atoms with Crippen LogP contribution in [-0.4, -0.2) is 44.7 Å². The van der Waals surface area contributed by atoms with E-state index in [9.17, 15) is 4.79 Å². The molecule has 10 heteroatoms. The van der Waals surface area contributed by atoms with Crippen molar-refractivity contribution < 1.29 is 14.2 Å². The van der Waals surface area contributed by atoms with E-state index in [1.807, 2.05) is 96.7 Å². The van der Waals surface area contributed by atoms with Crippen molar-refractivity contribution in [3.05, 3.63) is 123 Å². The molecule has 3 heterocycles. The molecule has 232 valence electrons. The standard InChI is InChI=1S/C36H33N5O4S/c1-5-18-44-29-16-14-26(20-24(29)3)34-27(23-40(39-34)28-10-8-7-9-11-28)22-32-35(42)41-36(46-32)37-33(38-41)17-13-25-12-15-30(45-19-6-2)31(21-25)43-4/h5,7-17,20-23H,1,6,18-19H2,2-4H3/b17-13+,32-22-. The first-order chi connectivity index (χ1) is 22.5. The van der Waals surface area contributed by atoms with E-state index in [0.29, 0.717) is 40.0 Å². The minimum absolute atomic E-state index is 0.242. The Morgan fingerprint density at radius 2 is 1.78 bits per heavy atom. The third kappa shape index (κ3) is 6.47. The van der Waals surface area contributed by atoms with E-state index in [4.69, 9.17) is 19.3 Å². The van der Waals surface area contributed by atoms with Crippen LogP contribution in [0.4, 0.5) is 0 Å². The molecule has 9 nitrogen and oxygen atoms in total. The van der Waals surface area contributed by atoms with Gasteiger partial charge in [0.2, 0.25) is 4.96 Å². The summed E-state index contributed by atoms with van der Waals surface area (Å²) in [5.74, 6) is 2.57. The first-order valence-electron chi connectivity index (χ1n) is 14.9. The summed E-state index contributed by atoms with van der Waals surface area (Å²) in [6.45, 7) is 8.82. The number of hydrogen-bond acceptors (Lipinski definition) is 8. The van der Waals surface area contributed by atoms with Crippen molar-refractivity contribution in [2.24, 2.45) is 0 Å². The molecule has 0 aliphatic carbocycles. The summed E-state index contributed by atoms with van der Waals surface area (Å²) in [5.41, 5.74) is 4.99. The molecule has 0 saturated heterocycles. The minimum atomic E-state index is -0.242. The molecule has 0 fully saturated rings. The maximum absolute atomic E-state index is 13.5. The van der Waals surface area contributed by atoms with Crippen molar-refractivity contribution in [2.75, 3.05) is 20.3 Å². The van der Waals surface area contributed by atoms with Gasteiger partial charge in [-0.15, -0.1) is 5.10 Å². The number of hydrogen-bond donors (Lipinski definition) is 0. The number of nitrogens with zero attached hydrogens (tertiary/aromatic N) is 5. The van der Waals surface area contributed by atoms with Crippen LogP contribution in [0, 0.1) is 6.92 Å². The number of para-hydroxylation sites is 1. The highest BCUT2D eigenvalue weighted by atomic mass is 32.1. The fraction of sp³-hybridized carbons (Fsp3) is 0.167. The van der Waals surface area contributed by atoms with Gasteiger partial charge in [0.05, 0.1) is 23.9 Å². The van der Waals surface area contributed by atoms with Gasteiger partial charge in [-0.1, -0.05) is 61.3 Å². The lowest BCUT2D eigenvalue weighted by Crippen LogP contribution is -2.23. The second kappa shape index (κ2) is 13.7. The Kier molecular flexibility index (Phi) is 9.07. The Hall–Kier alpha value is -5.48. The van der Waals surface area contributed by atoms with Crippen molar-refractivity contribution in [3.8, 4) is 34.2 Å². The Morgan fingerprint density at radius 1 is 0.957 bits per heavy atom. The molecule has 0 spiro atoms. The molecule has 3 aromatic heterocycles. The van der Waals surface area contributed by atoms with Crippen molar-refractivity contribution in [1.29, 1.82) is 0 Å². The first kappa shape index (κ1) is 30.5. The van der Waals surface area contributed by atoms with Crippen molar-refractivity contribution in [2.45, 2.75) is 20.3 Å². The second-order valence-electron chi connectivity index (χ2n) is 10.5. The molecule has 0 bridgehead atoms. The predicted octanol–water partition coefficient (Wildman–Crippen LogP) is 6.39. The molecule has 0 aliphatic heterocycles. The van der Waals surface area contributed by atoms with E-state index in [2.05, 4.69) is 23.6 Å². The molecule has 0 aliphatic rings. The lowest BCUT2D eigenvalue weighted by Gasteiger charge is -2.10. The number of ether oxygens (including phenoxy) is 3. The Labute approximate surface area is 270 Å². The monoisotopic (exact) mass is 631 g/mol. The number of thiazole rings is 1. The van der Waals surface area contributed by atoms with Gasteiger partial charge in [-0.2, -0.15) is 14.6 Å². The summed E-state index contributed by atoms with van der Waals surface area (Å²) in [7, 11) is 1.62. The van der Waals surface area contributed by atoms with E-state index in [1.54, 1.807) is 19.3 Å². The molecule has 0 amide bonds. The zero-order valence-electron chi connectivity index (χ0n) is 25.8. The topological polar surface area (TPSA) is 92.8 Å². The van der Waals surface area contributed by atoms with Gasteiger partial charge < -0.3 is 14.2 Å². The van der Waals surface area contributed by atoms with Gasteiger partial charge in [0.15, 0.2) is 17.3 Å². The Bertz CT molecular complexity index is 2150. The maximum Gasteiger partial charge on any atom is 0.291 e. The fourth-order valence-electron chi connectivity index (χ4n) is 4.89. The lowest BCUT2D eigenvalue weighted by molar-refractivity contribution is 0.294. The summed E-state index contributed by atoms with van der Waals surface area (Å²) < 4.78 is 20.7. The first-order valence-corrected chi connectivity index (χ1v) is 15.7. The fourth-order valence-corrected chi connectivity index (χ4v) is 5.79. The van der Waals surface area contributed by atoms with E-state index in [1.165, 1.54) is 15.9 Å². The molecule has 46 heavy (non-hydrogen) atoms. The molecule has 6 aromatic rings. The third-order valence-corrected chi connectivity index (χ3v) is 8.09. The zero-order valence-corrected chi connectivity index (χ0v) is 26.7. The minimum Gasteiger partial charge on any atom is -0.493 e. The largest absolute Gasteiger partial charge is 0.493 e.